The molecule has 0 aliphatic carbocycles. The number of rotatable bonds is 7. The first-order valence-corrected chi connectivity index (χ1v) is 7.35. The molecule has 1 heterocycles. The molecule has 1 unspecified atom stereocenters. The van der Waals surface area contributed by atoms with Crippen LogP contribution in [0.1, 0.15) is 56.7 Å². The van der Waals surface area contributed by atoms with Crippen molar-refractivity contribution in [2.24, 2.45) is 5.41 Å². The fourth-order valence-electron chi connectivity index (χ4n) is 2.28. The molecule has 1 atom stereocenters. The number of aryl methyl sites for hydroxylation is 2. The zero-order valence-corrected chi connectivity index (χ0v) is 13.6. The van der Waals surface area contributed by atoms with Crippen LogP contribution in [-0.4, -0.2) is 29.4 Å². The summed E-state index contributed by atoms with van der Waals surface area (Å²) in [6.07, 6.45) is 1.70. The zero-order valence-electron chi connectivity index (χ0n) is 13.6. The fraction of sp³-hybridized carbons (Fsp3) is 0.733. The standard InChI is InChI=1S/C15H27N3O3/c1-10(13-11(2)18-21-12(13)3)17-14(20)16-8-6-7-15(4,5)9-19/h10,19H,6-9H2,1-5H3,(H2,16,17,20). The van der Waals surface area contributed by atoms with Crippen molar-refractivity contribution >= 4 is 6.03 Å². The molecule has 0 spiro atoms. The quantitative estimate of drug-likeness (QED) is 0.675. The van der Waals surface area contributed by atoms with Crippen LogP contribution in [0.15, 0.2) is 4.52 Å². The van der Waals surface area contributed by atoms with Crippen molar-refractivity contribution < 1.29 is 14.4 Å². The van der Waals surface area contributed by atoms with Crippen molar-refractivity contribution in [2.45, 2.75) is 53.5 Å². The van der Waals surface area contributed by atoms with Crippen LogP contribution in [0.5, 0.6) is 0 Å². The van der Waals surface area contributed by atoms with Gasteiger partial charge in [0.15, 0.2) is 0 Å². The molecule has 3 N–H and O–H groups in total. The molecule has 0 aromatic carbocycles. The summed E-state index contributed by atoms with van der Waals surface area (Å²) in [6, 6.07) is -0.352. The molecule has 0 fully saturated rings. The number of amides is 2. The van der Waals surface area contributed by atoms with E-state index in [1.54, 1.807) is 0 Å². The molecule has 0 aliphatic rings. The summed E-state index contributed by atoms with van der Waals surface area (Å²) in [5.74, 6) is 0.727. The first-order valence-electron chi connectivity index (χ1n) is 7.35. The molecule has 1 rings (SSSR count). The minimum atomic E-state index is -0.204. The smallest absolute Gasteiger partial charge is 0.315 e. The molecule has 0 bridgehead atoms. The molecule has 0 radical (unpaired) electrons. The van der Waals surface area contributed by atoms with E-state index in [0.29, 0.717) is 6.54 Å². The van der Waals surface area contributed by atoms with E-state index < -0.39 is 0 Å². The van der Waals surface area contributed by atoms with Gasteiger partial charge in [-0.1, -0.05) is 19.0 Å². The van der Waals surface area contributed by atoms with Crippen LogP contribution in [0, 0.1) is 19.3 Å². The number of aliphatic hydroxyl groups excluding tert-OH is 1. The van der Waals surface area contributed by atoms with Gasteiger partial charge in [0.05, 0.1) is 11.7 Å². The summed E-state index contributed by atoms with van der Waals surface area (Å²) in [5.41, 5.74) is 1.62. The van der Waals surface area contributed by atoms with Crippen LogP contribution >= 0.6 is 0 Å². The van der Waals surface area contributed by atoms with Gasteiger partial charge in [0.2, 0.25) is 0 Å². The second-order valence-electron chi connectivity index (χ2n) is 6.29. The van der Waals surface area contributed by atoms with Gasteiger partial charge in [-0.3, -0.25) is 0 Å². The van der Waals surface area contributed by atoms with E-state index >= 15 is 0 Å². The number of urea groups is 1. The molecule has 21 heavy (non-hydrogen) atoms. The lowest BCUT2D eigenvalue weighted by atomic mass is 9.89. The molecular formula is C15H27N3O3. The first-order chi connectivity index (χ1) is 9.76. The maximum atomic E-state index is 11.8. The first kappa shape index (κ1) is 17.5. The van der Waals surface area contributed by atoms with Gasteiger partial charge in [-0.25, -0.2) is 4.79 Å². The highest BCUT2D eigenvalue weighted by atomic mass is 16.5. The lowest BCUT2D eigenvalue weighted by molar-refractivity contribution is 0.148. The van der Waals surface area contributed by atoms with E-state index in [4.69, 9.17) is 9.63 Å². The second kappa shape index (κ2) is 7.45. The van der Waals surface area contributed by atoms with Crippen molar-refractivity contribution in [3.63, 3.8) is 0 Å². The summed E-state index contributed by atoms with van der Waals surface area (Å²) in [6.45, 7) is 10.4. The summed E-state index contributed by atoms with van der Waals surface area (Å²) in [7, 11) is 0. The number of carbonyl (C=O) groups excluding carboxylic acids is 1. The van der Waals surface area contributed by atoms with E-state index in [9.17, 15) is 4.79 Å². The monoisotopic (exact) mass is 297 g/mol. The van der Waals surface area contributed by atoms with Crippen molar-refractivity contribution in [1.82, 2.24) is 15.8 Å². The van der Waals surface area contributed by atoms with Crippen molar-refractivity contribution in [3.05, 3.63) is 17.0 Å². The van der Waals surface area contributed by atoms with Crippen molar-refractivity contribution in [3.8, 4) is 0 Å². The molecule has 0 saturated heterocycles. The van der Waals surface area contributed by atoms with Crippen LogP contribution in [0.25, 0.3) is 0 Å². The van der Waals surface area contributed by atoms with Gasteiger partial charge in [-0.05, 0) is 39.0 Å². The van der Waals surface area contributed by atoms with Gasteiger partial charge < -0.3 is 20.3 Å². The summed E-state index contributed by atoms with van der Waals surface area (Å²) in [5, 5.41) is 18.8. The Morgan fingerprint density at radius 2 is 2.10 bits per heavy atom. The predicted molar refractivity (Wildman–Crippen MR) is 81.0 cm³/mol. The van der Waals surface area contributed by atoms with Crippen LogP contribution in [-0.2, 0) is 0 Å². The largest absolute Gasteiger partial charge is 0.396 e. The van der Waals surface area contributed by atoms with E-state index in [-0.39, 0.29) is 24.1 Å². The Morgan fingerprint density at radius 3 is 2.62 bits per heavy atom. The molecule has 1 aromatic rings. The highest BCUT2D eigenvalue weighted by Crippen LogP contribution is 2.21. The number of carbonyl (C=O) groups is 1. The Morgan fingerprint density at radius 1 is 1.43 bits per heavy atom. The third kappa shape index (κ3) is 5.38. The average molecular weight is 297 g/mol. The molecule has 0 saturated carbocycles. The third-order valence-corrected chi connectivity index (χ3v) is 3.61. The molecule has 6 nitrogen and oxygen atoms in total. The van der Waals surface area contributed by atoms with Crippen molar-refractivity contribution in [2.75, 3.05) is 13.2 Å². The maximum Gasteiger partial charge on any atom is 0.315 e. The van der Waals surface area contributed by atoms with Crippen LogP contribution in [0.4, 0.5) is 4.79 Å². The predicted octanol–water partition coefficient (Wildman–Crippen LogP) is 2.45. The van der Waals surface area contributed by atoms with E-state index in [0.717, 1.165) is 29.9 Å². The van der Waals surface area contributed by atoms with Gasteiger partial charge in [0.25, 0.3) is 0 Å². The van der Waals surface area contributed by atoms with Crippen LogP contribution in [0.3, 0.4) is 0 Å². The Hall–Kier alpha value is -1.56. The maximum absolute atomic E-state index is 11.8. The highest BCUT2D eigenvalue weighted by Gasteiger charge is 2.18. The minimum Gasteiger partial charge on any atom is -0.396 e. The molecular weight excluding hydrogens is 270 g/mol. The Labute approximate surface area is 126 Å². The molecule has 6 heteroatoms. The second-order valence-corrected chi connectivity index (χ2v) is 6.29. The van der Waals surface area contributed by atoms with Crippen molar-refractivity contribution in [1.29, 1.82) is 0 Å². The topological polar surface area (TPSA) is 87.4 Å². The van der Waals surface area contributed by atoms with E-state index in [1.165, 1.54) is 0 Å². The Bertz CT molecular complexity index is 449. The molecule has 2 amide bonds. The van der Waals surface area contributed by atoms with Crippen LogP contribution in [0.2, 0.25) is 0 Å². The zero-order chi connectivity index (χ0) is 16.0. The van der Waals surface area contributed by atoms with Gasteiger partial charge in [-0.2, -0.15) is 0 Å². The van der Waals surface area contributed by atoms with Gasteiger partial charge >= 0.3 is 6.03 Å². The lowest BCUT2D eigenvalue weighted by Gasteiger charge is -2.21. The molecule has 0 aliphatic heterocycles. The van der Waals surface area contributed by atoms with Crippen LogP contribution < -0.4 is 10.6 Å². The number of nitrogens with zero attached hydrogens (tertiary/aromatic N) is 1. The number of aromatic nitrogens is 1. The molecule has 120 valence electrons. The number of aliphatic hydroxyl groups is 1. The van der Waals surface area contributed by atoms with E-state index in [1.807, 2.05) is 34.6 Å². The van der Waals surface area contributed by atoms with Gasteiger partial charge in [0.1, 0.15) is 5.76 Å². The fourth-order valence-corrected chi connectivity index (χ4v) is 2.28. The third-order valence-electron chi connectivity index (χ3n) is 3.61. The number of hydrogen-bond acceptors (Lipinski definition) is 4. The van der Waals surface area contributed by atoms with Gasteiger partial charge in [-0.15, -0.1) is 0 Å². The summed E-state index contributed by atoms with van der Waals surface area (Å²) >= 11 is 0. The summed E-state index contributed by atoms with van der Waals surface area (Å²) in [4.78, 5) is 11.8. The minimum absolute atomic E-state index is 0.0951. The normalized spacial score (nSPS) is 13.0. The summed E-state index contributed by atoms with van der Waals surface area (Å²) < 4.78 is 5.10. The number of hydrogen-bond donors (Lipinski definition) is 3. The SMILES string of the molecule is Cc1noc(C)c1C(C)NC(=O)NCCCC(C)(C)CO. The molecule has 1 aromatic heterocycles. The lowest BCUT2D eigenvalue weighted by Crippen LogP contribution is -2.38. The van der Waals surface area contributed by atoms with E-state index in [2.05, 4.69) is 15.8 Å². The highest BCUT2D eigenvalue weighted by molar-refractivity contribution is 5.74. The Kier molecular flexibility index (Phi) is 6.20. The van der Waals surface area contributed by atoms with Gasteiger partial charge in [0, 0.05) is 18.7 Å². The Balaban J connectivity index is 2.34. The average Bonchev–Trinajstić information content (AvgIpc) is 2.74. The number of nitrogens with one attached hydrogen (secondary N) is 2.